The second-order valence-corrected chi connectivity index (χ2v) is 8.57. The number of nitrogens with two attached hydrogens (primary N) is 1. The third-order valence-electron chi connectivity index (χ3n) is 5.82. The number of benzene rings is 2. The van der Waals surface area contributed by atoms with Gasteiger partial charge in [-0.2, -0.15) is 18.4 Å². The van der Waals surface area contributed by atoms with Crippen LogP contribution in [0.4, 0.5) is 23.7 Å². The summed E-state index contributed by atoms with van der Waals surface area (Å²) in [5.74, 6) is -1.42. The van der Waals surface area contributed by atoms with Crippen LogP contribution in [0.15, 0.2) is 53.7 Å². The fourth-order valence-electron chi connectivity index (χ4n) is 4.29. The van der Waals surface area contributed by atoms with E-state index in [0.717, 1.165) is 35.1 Å². The van der Waals surface area contributed by atoms with Gasteiger partial charge in [0.1, 0.15) is 6.04 Å². The van der Waals surface area contributed by atoms with Crippen molar-refractivity contribution in [3.05, 3.63) is 76.0 Å². The second kappa shape index (κ2) is 10.3. The predicted octanol–water partition coefficient (Wildman–Crippen LogP) is 3.96. The number of rotatable bonds is 5. The van der Waals surface area contributed by atoms with E-state index in [2.05, 4.69) is 0 Å². The van der Waals surface area contributed by atoms with Crippen LogP contribution in [0.25, 0.3) is 0 Å². The lowest BCUT2D eigenvalue weighted by atomic mass is 9.88. The van der Waals surface area contributed by atoms with Crippen LogP contribution in [0.2, 0.25) is 0 Å². The molecule has 9 nitrogen and oxygen atoms in total. The number of nitrogens with one attached hydrogen (secondary N) is 1. The van der Waals surface area contributed by atoms with E-state index in [4.69, 9.17) is 15.9 Å². The molecular formula is C25H25F3N6O3. The zero-order valence-electron chi connectivity index (χ0n) is 20.6. The molecule has 0 saturated heterocycles. The molecule has 0 radical (unpaired) electrons. The van der Waals surface area contributed by atoms with Gasteiger partial charge >= 0.3 is 18.2 Å². The molecule has 0 aromatic heterocycles. The number of primary amides is 1. The molecule has 0 fully saturated rings. The maximum absolute atomic E-state index is 13.4. The smallest absolute Gasteiger partial charge is 0.416 e. The lowest BCUT2D eigenvalue weighted by Crippen LogP contribution is -2.55. The molecule has 0 bridgehead atoms. The number of alkyl halides is 3. The maximum Gasteiger partial charge on any atom is 0.416 e. The lowest BCUT2D eigenvalue weighted by molar-refractivity contribution is -0.138. The summed E-state index contributed by atoms with van der Waals surface area (Å²) >= 11 is 0. The van der Waals surface area contributed by atoms with Crippen molar-refractivity contribution < 1.29 is 27.5 Å². The van der Waals surface area contributed by atoms with Crippen molar-refractivity contribution in [1.82, 2.24) is 9.80 Å². The van der Waals surface area contributed by atoms with E-state index in [0.29, 0.717) is 23.2 Å². The van der Waals surface area contributed by atoms with Gasteiger partial charge in [-0.25, -0.2) is 9.59 Å². The van der Waals surface area contributed by atoms with Crippen LogP contribution in [0.5, 0.6) is 0 Å². The highest BCUT2D eigenvalue weighted by atomic mass is 19.4. The minimum Gasteiger partial charge on any atom is -0.466 e. The molecule has 37 heavy (non-hydrogen) atoms. The van der Waals surface area contributed by atoms with Crippen LogP contribution in [0.3, 0.4) is 0 Å². The summed E-state index contributed by atoms with van der Waals surface area (Å²) in [4.78, 5) is 29.5. The Morgan fingerprint density at radius 3 is 2.43 bits per heavy atom. The van der Waals surface area contributed by atoms with E-state index in [1.165, 1.54) is 19.1 Å². The second-order valence-electron chi connectivity index (χ2n) is 8.57. The summed E-state index contributed by atoms with van der Waals surface area (Å²) < 4.78 is 45.2. The fourth-order valence-corrected chi connectivity index (χ4v) is 4.29. The van der Waals surface area contributed by atoms with Crippen molar-refractivity contribution in [2.75, 3.05) is 26.1 Å². The Hall–Kier alpha value is -4.37. The van der Waals surface area contributed by atoms with Crippen molar-refractivity contribution in [2.24, 2.45) is 5.73 Å². The molecule has 2 aromatic rings. The van der Waals surface area contributed by atoms with Gasteiger partial charge in [0.15, 0.2) is 0 Å². The minimum absolute atomic E-state index is 0.0823. The molecule has 1 atom stereocenters. The Bertz CT molecular complexity index is 1330. The number of urea groups is 1. The van der Waals surface area contributed by atoms with Gasteiger partial charge in [-0.3, -0.25) is 15.2 Å². The number of ether oxygens (including phenoxy) is 1. The van der Waals surface area contributed by atoms with Crippen LogP contribution in [0, 0.1) is 16.7 Å². The Kier molecular flexibility index (Phi) is 7.59. The van der Waals surface area contributed by atoms with Crippen LogP contribution >= 0.6 is 0 Å². The van der Waals surface area contributed by atoms with E-state index in [-0.39, 0.29) is 17.0 Å². The Balaban J connectivity index is 2.35. The van der Waals surface area contributed by atoms with E-state index in [1.54, 1.807) is 26.2 Å². The number of nitriles is 1. The summed E-state index contributed by atoms with van der Waals surface area (Å²) in [5.41, 5.74) is 5.91. The molecule has 0 spiro atoms. The van der Waals surface area contributed by atoms with Crippen molar-refractivity contribution >= 4 is 23.6 Å². The van der Waals surface area contributed by atoms with Gasteiger partial charge in [0.2, 0.25) is 5.96 Å². The van der Waals surface area contributed by atoms with E-state index < -0.39 is 35.7 Å². The molecule has 2 aromatic carbocycles. The summed E-state index contributed by atoms with van der Waals surface area (Å²) in [6, 6.07) is 8.52. The highest BCUT2D eigenvalue weighted by Crippen LogP contribution is 2.42. The number of carbonyl (C=O) groups is 2. The zero-order chi connectivity index (χ0) is 27.7. The number of guanidine groups is 1. The van der Waals surface area contributed by atoms with E-state index >= 15 is 0 Å². The molecule has 0 aliphatic carbocycles. The fraction of sp³-hybridized carbons (Fsp3) is 0.280. The average molecular weight is 515 g/mol. The van der Waals surface area contributed by atoms with Crippen molar-refractivity contribution in [1.29, 1.82) is 10.7 Å². The number of carbonyl (C=O) groups excluding carboxylic acids is 2. The van der Waals surface area contributed by atoms with E-state index in [1.807, 2.05) is 11.0 Å². The average Bonchev–Trinajstić information content (AvgIpc) is 2.82. The maximum atomic E-state index is 13.4. The van der Waals surface area contributed by atoms with Gasteiger partial charge in [-0.1, -0.05) is 12.1 Å². The normalized spacial score (nSPS) is 16.2. The third-order valence-corrected chi connectivity index (χ3v) is 5.82. The number of allylic oxidation sites excluding steroid dienone is 1. The largest absolute Gasteiger partial charge is 0.466 e. The van der Waals surface area contributed by atoms with Crippen LogP contribution in [0.1, 0.15) is 35.2 Å². The van der Waals surface area contributed by atoms with Crippen LogP contribution < -0.4 is 10.6 Å². The summed E-state index contributed by atoms with van der Waals surface area (Å²) in [6.07, 6.45) is -4.66. The Morgan fingerprint density at radius 1 is 1.22 bits per heavy atom. The predicted molar refractivity (Wildman–Crippen MR) is 129 cm³/mol. The molecule has 0 saturated carbocycles. The number of halogens is 3. The van der Waals surface area contributed by atoms with Gasteiger partial charge < -0.3 is 15.4 Å². The van der Waals surface area contributed by atoms with Crippen LogP contribution in [-0.2, 0) is 22.3 Å². The highest BCUT2D eigenvalue weighted by molar-refractivity contribution is 6.10. The summed E-state index contributed by atoms with van der Waals surface area (Å²) in [7, 11) is 4.70. The number of amides is 2. The van der Waals surface area contributed by atoms with Gasteiger partial charge in [0.05, 0.1) is 29.9 Å². The molecule has 12 heteroatoms. The molecule has 1 heterocycles. The Morgan fingerprint density at radius 2 is 1.89 bits per heavy atom. The number of nitrogens with zero attached hydrogens (tertiary/aromatic N) is 4. The van der Waals surface area contributed by atoms with E-state index in [9.17, 15) is 28.0 Å². The molecular weight excluding hydrogens is 489 g/mol. The quantitative estimate of drug-likeness (QED) is 0.582. The third kappa shape index (κ3) is 5.26. The molecule has 1 aliphatic heterocycles. The summed E-state index contributed by atoms with van der Waals surface area (Å²) in [6.45, 7) is 1.76. The van der Waals surface area contributed by atoms with Gasteiger partial charge in [0, 0.05) is 17.9 Å². The first kappa shape index (κ1) is 27.2. The topological polar surface area (TPSA) is 127 Å². The monoisotopic (exact) mass is 514 g/mol. The van der Waals surface area contributed by atoms with Crippen molar-refractivity contribution in [3.63, 3.8) is 0 Å². The standard InChI is InChI=1S/C25H25F3N6O3/c1-14-20(22(35)37-4)21(19-9-8-15(12-29)10-16(19)13-32(2)3)34(24(31)36)23(30)33(14)18-7-5-6-17(11-18)25(26,27)28/h5-11,21,30H,13H2,1-4H3,(H2,31,36). The zero-order valence-corrected chi connectivity index (χ0v) is 20.6. The van der Waals surface area contributed by atoms with Gasteiger partial charge in [0.25, 0.3) is 0 Å². The molecule has 2 amide bonds. The summed E-state index contributed by atoms with van der Waals surface area (Å²) in [5, 5.41) is 18.2. The number of esters is 1. The molecule has 194 valence electrons. The lowest BCUT2D eigenvalue weighted by Gasteiger charge is -2.43. The minimum atomic E-state index is -4.66. The molecule has 1 aliphatic rings. The van der Waals surface area contributed by atoms with Gasteiger partial charge in [-0.15, -0.1) is 0 Å². The first-order valence-electron chi connectivity index (χ1n) is 10.9. The number of methoxy groups -OCH3 is 1. The first-order chi connectivity index (χ1) is 17.3. The molecule has 1 unspecified atom stereocenters. The number of hydrogen-bond donors (Lipinski definition) is 2. The first-order valence-corrected chi connectivity index (χ1v) is 10.9. The van der Waals surface area contributed by atoms with Gasteiger partial charge in [-0.05, 0) is 62.5 Å². The number of anilines is 1. The Labute approximate surface area is 211 Å². The van der Waals surface area contributed by atoms with Crippen molar-refractivity contribution in [3.8, 4) is 6.07 Å². The number of hydrogen-bond acceptors (Lipinski definition) is 6. The highest BCUT2D eigenvalue weighted by Gasteiger charge is 2.44. The molecule has 3 rings (SSSR count). The SMILES string of the molecule is COC(=O)C1=C(C)N(c2cccc(C(F)(F)F)c2)C(=N)N(C(N)=O)C1c1ccc(C#N)cc1CN(C)C. The molecule has 3 N–H and O–H groups in total. The van der Waals surface area contributed by atoms with Crippen molar-refractivity contribution in [2.45, 2.75) is 25.7 Å². The van der Waals surface area contributed by atoms with Crippen LogP contribution in [-0.4, -0.2) is 49.0 Å².